The molecule has 1 N–H and O–H groups in total. The van der Waals surface area contributed by atoms with Crippen LogP contribution >= 0.6 is 23.2 Å². The molecule has 1 aliphatic rings. The van der Waals surface area contributed by atoms with Crippen molar-refractivity contribution in [3.63, 3.8) is 0 Å². The van der Waals surface area contributed by atoms with Gasteiger partial charge < -0.3 is 5.32 Å². The summed E-state index contributed by atoms with van der Waals surface area (Å²) in [5.41, 5.74) is 1.46. The first-order valence-corrected chi connectivity index (χ1v) is 5.89. The molecule has 0 aromatic carbocycles. The minimum Gasteiger partial charge on any atom is -0.319 e. The van der Waals surface area contributed by atoms with Crippen molar-refractivity contribution in [2.24, 2.45) is 5.92 Å². The highest BCUT2D eigenvalue weighted by Crippen LogP contribution is 2.18. The molecule has 0 atom stereocenters. The lowest BCUT2D eigenvalue weighted by molar-refractivity contribution is 0.198. The van der Waals surface area contributed by atoms with Crippen LogP contribution in [0.1, 0.15) is 12.8 Å². The van der Waals surface area contributed by atoms with Gasteiger partial charge in [-0.3, -0.25) is 4.90 Å². The van der Waals surface area contributed by atoms with Gasteiger partial charge in [-0.2, -0.15) is 0 Å². The Kier molecular flexibility index (Phi) is 5.87. The summed E-state index contributed by atoms with van der Waals surface area (Å²) in [6, 6.07) is 0. The summed E-state index contributed by atoms with van der Waals surface area (Å²) < 4.78 is 0. The quantitative estimate of drug-likeness (QED) is 0.806. The maximum atomic E-state index is 5.87. The van der Waals surface area contributed by atoms with Gasteiger partial charge in [-0.25, -0.2) is 0 Å². The second-order valence-electron chi connectivity index (χ2n) is 3.83. The van der Waals surface area contributed by atoms with Gasteiger partial charge in [0.2, 0.25) is 0 Å². The molecule has 1 heterocycles. The molecule has 0 aromatic rings. The molecule has 0 unspecified atom stereocenters. The van der Waals surface area contributed by atoms with Crippen molar-refractivity contribution in [2.45, 2.75) is 12.8 Å². The number of hydrogen-bond acceptors (Lipinski definition) is 2. The van der Waals surface area contributed by atoms with Crippen LogP contribution in [0, 0.1) is 5.92 Å². The van der Waals surface area contributed by atoms with Crippen LogP contribution in [-0.2, 0) is 0 Å². The largest absolute Gasteiger partial charge is 0.319 e. The van der Waals surface area contributed by atoms with E-state index in [1.165, 1.54) is 18.4 Å². The monoisotopic (exact) mass is 236 g/mol. The van der Waals surface area contributed by atoms with E-state index in [-0.39, 0.29) is 0 Å². The predicted octanol–water partition coefficient (Wildman–Crippen LogP) is 2.24. The third kappa shape index (κ3) is 4.18. The zero-order valence-corrected chi connectivity index (χ0v) is 10.1. The number of likely N-dealkylation sites (tertiary alicyclic amines) is 1. The van der Waals surface area contributed by atoms with Gasteiger partial charge in [0.05, 0.1) is 0 Å². The Balaban J connectivity index is 2.22. The molecule has 1 fully saturated rings. The van der Waals surface area contributed by atoms with Gasteiger partial charge in [-0.1, -0.05) is 23.2 Å². The van der Waals surface area contributed by atoms with E-state index in [0.29, 0.717) is 0 Å². The van der Waals surface area contributed by atoms with Gasteiger partial charge in [0.25, 0.3) is 0 Å². The summed E-state index contributed by atoms with van der Waals surface area (Å²) in [5, 5.41) is 3.96. The first-order chi connectivity index (χ1) is 6.76. The molecule has 1 saturated heterocycles. The van der Waals surface area contributed by atoms with Crippen molar-refractivity contribution >= 4 is 23.2 Å². The van der Waals surface area contributed by atoms with E-state index in [9.17, 15) is 0 Å². The van der Waals surface area contributed by atoms with E-state index in [2.05, 4.69) is 10.2 Å². The molecule has 2 nitrogen and oxygen atoms in total. The fourth-order valence-electron chi connectivity index (χ4n) is 1.89. The number of nitrogens with zero attached hydrogens (tertiary/aromatic N) is 1. The van der Waals surface area contributed by atoms with Gasteiger partial charge >= 0.3 is 0 Å². The zero-order valence-electron chi connectivity index (χ0n) is 8.60. The molecule has 1 rings (SSSR count). The summed E-state index contributed by atoms with van der Waals surface area (Å²) in [4.78, 5) is 2.35. The molecular formula is C10H18Cl2N2. The molecule has 0 saturated carbocycles. The van der Waals surface area contributed by atoms with E-state index in [0.717, 1.165) is 37.1 Å². The SMILES string of the molecule is CNCC1CCN(CC(Cl)=CCl)CC1. The second-order valence-corrected chi connectivity index (χ2v) is 4.54. The molecule has 4 heteroatoms. The number of rotatable bonds is 4. The van der Waals surface area contributed by atoms with Crippen molar-refractivity contribution < 1.29 is 0 Å². The van der Waals surface area contributed by atoms with E-state index in [4.69, 9.17) is 23.2 Å². The first kappa shape index (κ1) is 12.3. The minimum atomic E-state index is 0.735. The van der Waals surface area contributed by atoms with Crippen LogP contribution in [0.3, 0.4) is 0 Å². The number of nitrogens with one attached hydrogen (secondary N) is 1. The van der Waals surface area contributed by atoms with Crippen LogP contribution in [0.25, 0.3) is 0 Å². The molecule has 1 aliphatic heterocycles. The number of halogens is 2. The van der Waals surface area contributed by atoms with E-state index < -0.39 is 0 Å². The lowest BCUT2D eigenvalue weighted by Gasteiger charge is -2.31. The smallest absolute Gasteiger partial charge is 0.0434 e. The zero-order chi connectivity index (χ0) is 10.4. The maximum Gasteiger partial charge on any atom is 0.0434 e. The standard InChI is InChI=1S/C10H18Cl2N2/c1-13-7-9-2-4-14(5-3-9)8-10(12)6-11/h6,9,13H,2-5,7-8H2,1H3. The van der Waals surface area contributed by atoms with E-state index in [1.807, 2.05) is 7.05 Å². The summed E-state index contributed by atoms with van der Waals surface area (Å²) in [5.74, 6) is 0.829. The van der Waals surface area contributed by atoms with Crippen molar-refractivity contribution in [1.29, 1.82) is 0 Å². The van der Waals surface area contributed by atoms with E-state index >= 15 is 0 Å². The van der Waals surface area contributed by atoms with Crippen LogP contribution in [-0.4, -0.2) is 38.1 Å². The molecule has 0 aromatic heterocycles. The normalized spacial score (nSPS) is 21.5. The Labute approximate surface area is 96.2 Å². The molecule has 82 valence electrons. The Morgan fingerprint density at radius 2 is 2.14 bits per heavy atom. The topological polar surface area (TPSA) is 15.3 Å². The summed E-state index contributed by atoms with van der Waals surface area (Å²) in [6.45, 7) is 4.20. The third-order valence-corrected chi connectivity index (χ3v) is 3.30. The van der Waals surface area contributed by atoms with Gasteiger partial charge in [0.1, 0.15) is 0 Å². The highest BCUT2D eigenvalue weighted by Gasteiger charge is 2.18. The molecule has 0 amide bonds. The fourth-order valence-corrected chi connectivity index (χ4v) is 2.12. The number of hydrogen-bond donors (Lipinski definition) is 1. The highest BCUT2D eigenvalue weighted by atomic mass is 35.5. The lowest BCUT2D eigenvalue weighted by Crippen LogP contribution is -2.37. The van der Waals surface area contributed by atoms with Crippen LogP contribution in [0.5, 0.6) is 0 Å². The van der Waals surface area contributed by atoms with Crippen molar-refractivity contribution in [3.8, 4) is 0 Å². The molecule has 0 spiro atoms. The average Bonchev–Trinajstić information content (AvgIpc) is 2.21. The van der Waals surface area contributed by atoms with Gasteiger partial charge in [-0.15, -0.1) is 0 Å². The summed E-state index contributed by atoms with van der Waals surface area (Å²) >= 11 is 11.4. The van der Waals surface area contributed by atoms with Gasteiger partial charge in [0.15, 0.2) is 0 Å². The van der Waals surface area contributed by atoms with Crippen LogP contribution in [0.4, 0.5) is 0 Å². The minimum absolute atomic E-state index is 0.735. The molecule has 0 radical (unpaired) electrons. The summed E-state index contributed by atoms with van der Waals surface area (Å²) in [7, 11) is 2.01. The van der Waals surface area contributed by atoms with Gasteiger partial charge in [0, 0.05) is 17.1 Å². The van der Waals surface area contributed by atoms with Crippen molar-refractivity contribution in [1.82, 2.24) is 10.2 Å². The Bertz CT molecular complexity index is 187. The first-order valence-electron chi connectivity index (χ1n) is 5.08. The number of piperidine rings is 1. The van der Waals surface area contributed by atoms with Gasteiger partial charge in [-0.05, 0) is 45.4 Å². The van der Waals surface area contributed by atoms with E-state index in [1.54, 1.807) is 0 Å². The predicted molar refractivity (Wildman–Crippen MR) is 62.9 cm³/mol. The maximum absolute atomic E-state index is 5.87. The summed E-state index contributed by atoms with van der Waals surface area (Å²) in [6.07, 6.45) is 2.51. The van der Waals surface area contributed by atoms with Crippen molar-refractivity contribution in [3.05, 3.63) is 10.6 Å². The molecule has 0 bridgehead atoms. The fraction of sp³-hybridized carbons (Fsp3) is 0.800. The molecule has 14 heavy (non-hydrogen) atoms. The molecular weight excluding hydrogens is 219 g/mol. The van der Waals surface area contributed by atoms with Crippen molar-refractivity contribution in [2.75, 3.05) is 33.2 Å². The highest BCUT2D eigenvalue weighted by molar-refractivity contribution is 6.36. The van der Waals surface area contributed by atoms with Crippen LogP contribution in [0.2, 0.25) is 0 Å². The second kappa shape index (κ2) is 6.67. The Morgan fingerprint density at radius 1 is 1.50 bits per heavy atom. The third-order valence-electron chi connectivity index (χ3n) is 2.69. The Morgan fingerprint density at radius 3 is 2.64 bits per heavy atom. The molecule has 0 aliphatic carbocycles. The van der Waals surface area contributed by atoms with Crippen LogP contribution < -0.4 is 5.32 Å². The average molecular weight is 237 g/mol. The lowest BCUT2D eigenvalue weighted by atomic mass is 9.97. The van der Waals surface area contributed by atoms with Crippen LogP contribution in [0.15, 0.2) is 10.6 Å². The Hall–Kier alpha value is 0.240.